The molecular weight excluding hydrogens is 584 g/mol. The molecule has 0 saturated carbocycles. The van der Waals surface area contributed by atoms with Gasteiger partial charge in [-0.05, 0) is 54.4 Å². The summed E-state index contributed by atoms with van der Waals surface area (Å²) in [6.45, 7) is 3.56. The van der Waals surface area contributed by atoms with Gasteiger partial charge in [-0.15, -0.1) is 0 Å². The first kappa shape index (κ1) is 29.1. The first-order valence-electron chi connectivity index (χ1n) is 13.8. The predicted molar refractivity (Wildman–Crippen MR) is 161 cm³/mol. The zero-order valence-corrected chi connectivity index (χ0v) is 23.9. The van der Waals surface area contributed by atoms with Gasteiger partial charge in [0.05, 0.1) is 29.7 Å². The molecule has 1 aliphatic rings. The van der Waals surface area contributed by atoms with Crippen LogP contribution in [0.15, 0.2) is 97.1 Å². The third-order valence-corrected chi connectivity index (χ3v) is 7.04. The molecule has 13 heteroatoms. The van der Waals surface area contributed by atoms with Crippen LogP contribution in [0.25, 0.3) is 5.52 Å². The van der Waals surface area contributed by atoms with Crippen molar-refractivity contribution in [2.24, 2.45) is 11.8 Å². The maximum absolute atomic E-state index is 15.3. The molecule has 4 heterocycles. The van der Waals surface area contributed by atoms with Gasteiger partial charge in [0.2, 0.25) is 11.9 Å². The van der Waals surface area contributed by atoms with Crippen LogP contribution in [0.3, 0.4) is 0 Å². The van der Waals surface area contributed by atoms with E-state index >= 15 is 4.39 Å². The molecule has 226 valence electrons. The number of ether oxygens (including phenoxy) is 1. The van der Waals surface area contributed by atoms with Gasteiger partial charge in [-0.3, -0.25) is 14.4 Å². The summed E-state index contributed by atoms with van der Waals surface area (Å²) in [5.41, 5.74) is 0.985. The fraction of sp³-hybridized carbons (Fsp3) is 0.125. The SMILES string of the molecule is CC(C)C1C=C(C(=O)Nc2ccc(Oc3cc(Nc4ncccn4)cn4nccc34)c(F)c2)C(=O)N(c2ccc(F)cc2)C1=O. The topological polar surface area (TPSA) is 131 Å². The molecule has 11 nitrogen and oxygen atoms in total. The predicted octanol–water partition coefficient (Wildman–Crippen LogP) is 5.65. The van der Waals surface area contributed by atoms with Gasteiger partial charge in [-0.2, -0.15) is 5.10 Å². The van der Waals surface area contributed by atoms with Gasteiger partial charge in [0.1, 0.15) is 16.9 Å². The van der Waals surface area contributed by atoms with Crippen LogP contribution in [-0.2, 0) is 14.4 Å². The van der Waals surface area contributed by atoms with Crippen molar-refractivity contribution in [1.29, 1.82) is 0 Å². The second kappa shape index (κ2) is 12.0. The van der Waals surface area contributed by atoms with Crippen molar-refractivity contribution in [2.45, 2.75) is 13.8 Å². The van der Waals surface area contributed by atoms with E-state index in [1.165, 1.54) is 30.3 Å². The molecule has 1 atom stereocenters. The maximum atomic E-state index is 15.3. The van der Waals surface area contributed by atoms with Crippen molar-refractivity contribution in [1.82, 2.24) is 19.6 Å². The molecule has 0 aliphatic carbocycles. The van der Waals surface area contributed by atoms with E-state index in [0.29, 0.717) is 17.2 Å². The minimum Gasteiger partial charge on any atom is -0.452 e. The third kappa shape index (κ3) is 5.95. The fourth-order valence-corrected chi connectivity index (χ4v) is 4.79. The number of carbonyl (C=O) groups excluding carboxylic acids is 3. The zero-order valence-electron chi connectivity index (χ0n) is 23.9. The number of hydrogen-bond acceptors (Lipinski definition) is 8. The number of nitrogens with one attached hydrogen (secondary N) is 2. The highest BCUT2D eigenvalue weighted by molar-refractivity contribution is 6.35. The lowest BCUT2D eigenvalue weighted by molar-refractivity contribution is -0.129. The van der Waals surface area contributed by atoms with Gasteiger partial charge in [0.25, 0.3) is 11.8 Å². The van der Waals surface area contributed by atoms with Crippen LogP contribution in [0, 0.1) is 23.5 Å². The molecule has 2 N–H and O–H groups in total. The molecule has 45 heavy (non-hydrogen) atoms. The molecule has 0 bridgehead atoms. The number of hydrogen-bond donors (Lipinski definition) is 2. The van der Waals surface area contributed by atoms with Crippen LogP contribution in [0.4, 0.5) is 31.8 Å². The van der Waals surface area contributed by atoms with Crippen LogP contribution in [-0.4, -0.2) is 37.3 Å². The number of fused-ring (bicyclic) bond motifs is 1. The molecule has 2 aromatic carbocycles. The first-order valence-corrected chi connectivity index (χ1v) is 13.8. The van der Waals surface area contributed by atoms with E-state index in [4.69, 9.17) is 4.74 Å². The number of amides is 3. The van der Waals surface area contributed by atoms with Gasteiger partial charge in [-0.25, -0.2) is 28.2 Å². The molecule has 1 aliphatic heterocycles. The molecule has 1 unspecified atom stereocenters. The number of anilines is 4. The first-order chi connectivity index (χ1) is 21.7. The van der Waals surface area contributed by atoms with Crippen molar-refractivity contribution in [3.8, 4) is 11.5 Å². The second-order valence-electron chi connectivity index (χ2n) is 10.5. The monoisotopic (exact) mass is 609 g/mol. The number of rotatable bonds is 8. The number of nitrogens with zero attached hydrogens (tertiary/aromatic N) is 5. The summed E-state index contributed by atoms with van der Waals surface area (Å²) < 4.78 is 36.3. The van der Waals surface area contributed by atoms with E-state index in [1.54, 1.807) is 61.3 Å². The Balaban J connectivity index is 1.23. The normalized spacial score (nSPS) is 14.9. The van der Waals surface area contributed by atoms with Crippen molar-refractivity contribution in [3.63, 3.8) is 0 Å². The van der Waals surface area contributed by atoms with Crippen molar-refractivity contribution in [3.05, 3.63) is 109 Å². The largest absolute Gasteiger partial charge is 0.452 e. The molecule has 3 aromatic heterocycles. The molecular formula is C32H25F2N7O4. The number of carbonyl (C=O) groups is 3. The quantitative estimate of drug-likeness (QED) is 0.171. The smallest absolute Gasteiger partial charge is 0.270 e. The van der Waals surface area contributed by atoms with Crippen LogP contribution in [0.5, 0.6) is 11.5 Å². The fourth-order valence-electron chi connectivity index (χ4n) is 4.79. The van der Waals surface area contributed by atoms with Crippen molar-refractivity contribution >= 4 is 46.2 Å². The van der Waals surface area contributed by atoms with Gasteiger partial charge >= 0.3 is 0 Å². The summed E-state index contributed by atoms with van der Waals surface area (Å²) in [6.07, 6.45) is 7.74. The highest BCUT2D eigenvalue weighted by Crippen LogP contribution is 2.33. The Morgan fingerprint density at radius 1 is 0.933 bits per heavy atom. The molecule has 0 spiro atoms. The molecule has 0 radical (unpaired) electrons. The average Bonchev–Trinajstić information content (AvgIpc) is 3.49. The Labute approximate surface area is 255 Å². The number of aromatic nitrogens is 4. The standard InChI is InChI=1S/C32H25F2N7O4/c1-18(2)23-16-24(31(44)41(30(23)43)22-7-4-19(33)5-8-22)29(42)38-20-6-9-27(25(34)14-20)45-28-15-21(17-40-26(28)10-13-37-40)39-32-35-11-3-12-36-32/h3-18,23H,1-2H3,(H,38,42)(H,35,36,39). The van der Waals surface area contributed by atoms with Gasteiger partial charge < -0.3 is 15.4 Å². The molecule has 3 amide bonds. The van der Waals surface area contributed by atoms with Gasteiger partial charge in [0.15, 0.2) is 17.3 Å². The summed E-state index contributed by atoms with van der Waals surface area (Å²) in [5, 5.41) is 9.81. The number of halogens is 2. The number of imide groups is 1. The molecule has 6 rings (SSSR count). The Morgan fingerprint density at radius 3 is 2.40 bits per heavy atom. The van der Waals surface area contributed by atoms with Gasteiger partial charge in [0, 0.05) is 30.2 Å². The summed E-state index contributed by atoms with van der Waals surface area (Å²) in [7, 11) is 0. The summed E-state index contributed by atoms with van der Waals surface area (Å²) in [5.74, 6) is -4.12. The van der Waals surface area contributed by atoms with E-state index in [1.807, 2.05) is 0 Å². The third-order valence-electron chi connectivity index (χ3n) is 7.04. The number of pyridine rings is 1. The second-order valence-corrected chi connectivity index (χ2v) is 10.5. The Kier molecular flexibility index (Phi) is 7.73. The van der Waals surface area contributed by atoms with E-state index in [-0.39, 0.29) is 34.4 Å². The average molecular weight is 610 g/mol. The number of benzene rings is 2. The zero-order chi connectivity index (χ0) is 31.7. The summed E-state index contributed by atoms with van der Waals surface area (Å²) >= 11 is 0. The Morgan fingerprint density at radius 2 is 1.69 bits per heavy atom. The lowest BCUT2D eigenvalue weighted by atomic mass is 9.88. The molecule has 0 fully saturated rings. The van der Waals surface area contributed by atoms with E-state index in [2.05, 4.69) is 25.7 Å². The van der Waals surface area contributed by atoms with Crippen LogP contribution < -0.4 is 20.3 Å². The Hall–Kier alpha value is -5.98. The van der Waals surface area contributed by atoms with Gasteiger partial charge in [-0.1, -0.05) is 19.9 Å². The summed E-state index contributed by atoms with van der Waals surface area (Å²) in [6, 6.07) is 13.6. The highest BCUT2D eigenvalue weighted by atomic mass is 19.1. The summed E-state index contributed by atoms with van der Waals surface area (Å²) in [4.78, 5) is 48.9. The highest BCUT2D eigenvalue weighted by Gasteiger charge is 2.40. The van der Waals surface area contributed by atoms with Crippen LogP contribution in [0.1, 0.15) is 13.8 Å². The van der Waals surface area contributed by atoms with Crippen molar-refractivity contribution < 1.29 is 27.9 Å². The Bertz CT molecular complexity index is 1960. The lowest BCUT2D eigenvalue weighted by Gasteiger charge is -2.31. The lowest BCUT2D eigenvalue weighted by Crippen LogP contribution is -2.48. The molecule has 0 saturated heterocycles. The van der Waals surface area contributed by atoms with E-state index in [9.17, 15) is 18.8 Å². The minimum atomic E-state index is -0.874. The van der Waals surface area contributed by atoms with E-state index in [0.717, 1.165) is 23.1 Å². The van der Waals surface area contributed by atoms with Crippen molar-refractivity contribution in [2.75, 3.05) is 15.5 Å². The minimum absolute atomic E-state index is 0.0519. The van der Waals surface area contributed by atoms with Crippen LogP contribution >= 0.6 is 0 Å². The van der Waals surface area contributed by atoms with E-state index < -0.39 is 35.3 Å². The maximum Gasteiger partial charge on any atom is 0.270 e. The molecule has 5 aromatic rings. The van der Waals surface area contributed by atoms with Crippen LogP contribution in [0.2, 0.25) is 0 Å².